The standard InChI is InChI=1S/CH3IN4/c2-1(5-3)6-4/h3H,4H2. The molecule has 0 rings (SSSR count). The molecule has 0 unspecified atom stereocenters. The van der Waals surface area contributed by atoms with Crippen molar-refractivity contribution in [3.8, 4) is 0 Å². The predicted molar refractivity (Wildman–Crippen MR) is 30.8 cm³/mol. The van der Waals surface area contributed by atoms with Gasteiger partial charge in [0, 0.05) is 22.6 Å². The van der Waals surface area contributed by atoms with Gasteiger partial charge in [-0.1, -0.05) is 0 Å². The lowest BCUT2D eigenvalue weighted by Gasteiger charge is -1.72. The van der Waals surface area contributed by atoms with Gasteiger partial charge in [0.25, 0.3) is 0 Å². The fourth-order valence-electron chi connectivity index (χ4n) is 0.0289. The van der Waals surface area contributed by atoms with Gasteiger partial charge < -0.3 is 5.84 Å². The molecule has 0 heterocycles. The van der Waals surface area contributed by atoms with E-state index < -0.39 is 0 Å². The van der Waals surface area contributed by atoms with Crippen LogP contribution in [0.25, 0.3) is 0 Å². The lowest BCUT2D eigenvalue weighted by Crippen LogP contribution is -1.84. The molecule has 6 heavy (non-hydrogen) atoms. The number of nitrogens with two attached hydrogens (primary N) is 1. The normalized spacial score (nSPS) is 11.2. The first-order valence-electron chi connectivity index (χ1n) is 1.12. The summed E-state index contributed by atoms with van der Waals surface area (Å²) in [5, 5.41) is 5.92. The molecule has 0 bridgehead atoms. The van der Waals surface area contributed by atoms with Crippen LogP contribution in [0.1, 0.15) is 0 Å². The van der Waals surface area contributed by atoms with Gasteiger partial charge in [-0.25, -0.2) is 5.53 Å². The van der Waals surface area contributed by atoms with E-state index >= 15 is 0 Å². The lowest BCUT2D eigenvalue weighted by molar-refractivity contribution is 1.16. The van der Waals surface area contributed by atoms with Gasteiger partial charge in [-0.2, -0.15) is 5.10 Å². The first-order valence-corrected chi connectivity index (χ1v) is 2.20. The molecule has 0 atom stereocenters. The maximum Gasteiger partial charge on any atom is 0.229 e. The van der Waals surface area contributed by atoms with Crippen molar-refractivity contribution in [1.29, 1.82) is 5.53 Å². The number of halogens is 1. The minimum atomic E-state index is 0.257. The van der Waals surface area contributed by atoms with Crippen molar-refractivity contribution >= 4 is 26.4 Å². The number of hydrogen-bond donors (Lipinski definition) is 2. The molecule has 3 N–H and O–H groups in total. The molecule has 0 fully saturated rings. The fraction of sp³-hybridized carbons (Fsp3) is 0. The molecule has 0 radical (unpaired) electrons. The molecule has 0 aromatic carbocycles. The van der Waals surface area contributed by atoms with E-state index in [1.807, 2.05) is 0 Å². The van der Waals surface area contributed by atoms with E-state index in [1.54, 1.807) is 22.6 Å². The molecule has 4 nitrogen and oxygen atoms in total. The van der Waals surface area contributed by atoms with Crippen LogP contribution >= 0.6 is 22.6 Å². The molecule has 0 amide bonds. The van der Waals surface area contributed by atoms with E-state index in [0.29, 0.717) is 0 Å². The summed E-state index contributed by atoms with van der Waals surface area (Å²) < 4.78 is 0.257. The highest BCUT2D eigenvalue weighted by molar-refractivity contribution is 14.1. The Labute approximate surface area is 48.4 Å². The number of hydrazone groups is 1. The molecule has 34 valence electrons. The summed E-state index contributed by atoms with van der Waals surface area (Å²) in [6.07, 6.45) is 0. The number of rotatable bonds is 0. The summed E-state index contributed by atoms with van der Waals surface area (Å²) in [4.78, 5) is 0. The van der Waals surface area contributed by atoms with Crippen LogP contribution in [0.15, 0.2) is 10.2 Å². The van der Waals surface area contributed by atoms with Gasteiger partial charge in [-0.15, -0.1) is 5.11 Å². The SMILES string of the molecule is N=NC(I)=NN. The van der Waals surface area contributed by atoms with Crippen LogP contribution in [0.5, 0.6) is 0 Å². The van der Waals surface area contributed by atoms with Crippen LogP contribution in [-0.4, -0.2) is 3.84 Å². The smallest absolute Gasteiger partial charge is 0.229 e. The molecular weight excluding hydrogens is 195 g/mol. The minimum Gasteiger partial charge on any atom is -0.321 e. The Morgan fingerprint density at radius 3 is 2.33 bits per heavy atom. The van der Waals surface area contributed by atoms with E-state index in [1.165, 1.54) is 0 Å². The summed E-state index contributed by atoms with van der Waals surface area (Å²) in [6.45, 7) is 0. The zero-order valence-corrected chi connectivity index (χ0v) is 5.01. The van der Waals surface area contributed by atoms with Gasteiger partial charge in [-0.05, 0) is 0 Å². The summed E-state index contributed by atoms with van der Waals surface area (Å²) in [7, 11) is 0. The van der Waals surface area contributed by atoms with E-state index in [0.717, 1.165) is 0 Å². The number of nitrogens with zero attached hydrogens (tertiary/aromatic N) is 2. The van der Waals surface area contributed by atoms with E-state index in [4.69, 9.17) is 5.53 Å². The zero-order valence-electron chi connectivity index (χ0n) is 2.85. The highest BCUT2D eigenvalue weighted by atomic mass is 127. The van der Waals surface area contributed by atoms with Crippen molar-refractivity contribution < 1.29 is 0 Å². The van der Waals surface area contributed by atoms with Crippen molar-refractivity contribution in [3.05, 3.63) is 0 Å². The molecule has 0 aliphatic carbocycles. The third-order valence-electron chi connectivity index (χ3n) is 0.199. The second kappa shape index (κ2) is 3.01. The molecular formula is CH3IN4. The van der Waals surface area contributed by atoms with Crippen LogP contribution in [0, 0.1) is 5.53 Å². The Hall–Kier alpha value is -0.200. The molecule has 0 saturated carbocycles. The van der Waals surface area contributed by atoms with Gasteiger partial charge in [0.2, 0.25) is 3.84 Å². The van der Waals surface area contributed by atoms with Gasteiger partial charge in [-0.3, -0.25) is 0 Å². The largest absolute Gasteiger partial charge is 0.321 e. The van der Waals surface area contributed by atoms with Gasteiger partial charge >= 0.3 is 0 Å². The predicted octanol–water partition coefficient (Wildman–Crippen LogP) is 0.682. The van der Waals surface area contributed by atoms with Crippen LogP contribution < -0.4 is 5.84 Å². The molecule has 0 saturated heterocycles. The topological polar surface area (TPSA) is 74.6 Å². The van der Waals surface area contributed by atoms with Crippen LogP contribution in [0.4, 0.5) is 0 Å². The minimum absolute atomic E-state index is 0.257. The summed E-state index contributed by atoms with van der Waals surface area (Å²) in [5.74, 6) is 4.65. The Bertz CT molecular complexity index is 75.6. The molecule has 0 aromatic rings. The van der Waals surface area contributed by atoms with Gasteiger partial charge in [0.1, 0.15) is 0 Å². The second-order valence-corrected chi connectivity index (χ2v) is 1.47. The average Bonchev–Trinajstić information content (AvgIpc) is 1.65. The summed E-state index contributed by atoms with van der Waals surface area (Å²) >= 11 is 1.74. The second-order valence-electron chi connectivity index (χ2n) is 0.510. The monoisotopic (exact) mass is 198 g/mol. The maximum atomic E-state index is 6.22. The number of hydrogen-bond acceptors (Lipinski definition) is 3. The van der Waals surface area contributed by atoms with Crippen molar-refractivity contribution in [1.82, 2.24) is 0 Å². The maximum absolute atomic E-state index is 6.22. The van der Waals surface area contributed by atoms with Crippen LogP contribution in [0.3, 0.4) is 0 Å². The quantitative estimate of drug-likeness (QED) is 0.112. The highest BCUT2D eigenvalue weighted by Crippen LogP contribution is 1.86. The number of nitrogens with one attached hydrogen (secondary N) is 1. The molecule has 0 aliphatic rings. The van der Waals surface area contributed by atoms with E-state index in [-0.39, 0.29) is 3.84 Å². The Morgan fingerprint density at radius 2 is 2.33 bits per heavy atom. The van der Waals surface area contributed by atoms with Gasteiger partial charge in [0.05, 0.1) is 0 Å². The van der Waals surface area contributed by atoms with Crippen molar-refractivity contribution in [3.63, 3.8) is 0 Å². The van der Waals surface area contributed by atoms with Crippen molar-refractivity contribution in [2.45, 2.75) is 0 Å². The Morgan fingerprint density at radius 1 is 1.83 bits per heavy atom. The Kier molecular flexibility index (Phi) is 2.91. The van der Waals surface area contributed by atoms with Crippen molar-refractivity contribution in [2.24, 2.45) is 16.1 Å². The molecule has 5 heteroatoms. The molecule has 0 spiro atoms. The van der Waals surface area contributed by atoms with Crippen LogP contribution in [0.2, 0.25) is 0 Å². The van der Waals surface area contributed by atoms with Crippen LogP contribution in [-0.2, 0) is 0 Å². The zero-order chi connectivity index (χ0) is 4.99. The highest BCUT2D eigenvalue weighted by Gasteiger charge is 1.76. The first kappa shape index (κ1) is 5.80. The van der Waals surface area contributed by atoms with Crippen molar-refractivity contribution in [2.75, 3.05) is 0 Å². The first-order chi connectivity index (χ1) is 2.81. The Balaban J connectivity index is 3.50. The number of amidine groups is 1. The van der Waals surface area contributed by atoms with Gasteiger partial charge in [0.15, 0.2) is 0 Å². The molecule has 0 aromatic heterocycles. The molecule has 0 aliphatic heterocycles. The summed E-state index contributed by atoms with van der Waals surface area (Å²) in [5.41, 5.74) is 6.22. The average molecular weight is 198 g/mol. The third-order valence-corrected chi connectivity index (χ3v) is 0.719. The summed E-state index contributed by atoms with van der Waals surface area (Å²) in [6, 6.07) is 0. The fourth-order valence-corrected chi connectivity index (χ4v) is 0.0289. The third kappa shape index (κ3) is 2.06. The lowest BCUT2D eigenvalue weighted by atomic mass is 11.4. The van der Waals surface area contributed by atoms with E-state index in [2.05, 4.69) is 16.1 Å². The van der Waals surface area contributed by atoms with E-state index in [9.17, 15) is 0 Å².